The lowest BCUT2D eigenvalue weighted by Gasteiger charge is -2.41. The van der Waals surface area contributed by atoms with Gasteiger partial charge in [-0.1, -0.05) is 20.8 Å². The third-order valence-corrected chi connectivity index (χ3v) is 4.95. The molecule has 0 aromatic carbocycles. The lowest BCUT2D eigenvalue weighted by atomic mass is 9.65. The minimum absolute atomic E-state index is 0.398. The number of rotatable bonds is 3. The van der Waals surface area contributed by atoms with Crippen molar-refractivity contribution in [3.63, 3.8) is 0 Å². The molecule has 0 bridgehead atoms. The van der Waals surface area contributed by atoms with Crippen molar-refractivity contribution in [1.29, 1.82) is 0 Å². The Morgan fingerprint density at radius 1 is 1.37 bits per heavy atom. The topological polar surface area (TPSA) is 43.8 Å². The van der Waals surface area contributed by atoms with Gasteiger partial charge in [-0.05, 0) is 56.0 Å². The Hall–Kier alpha value is -0.830. The highest BCUT2D eigenvalue weighted by molar-refractivity contribution is 5.12. The average Bonchev–Trinajstić information content (AvgIpc) is 2.85. The van der Waals surface area contributed by atoms with E-state index < -0.39 is 0 Å². The highest BCUT2D eigenvalue weighted by Crippen LogP contribution is 2.46. The van der Waals surface area contributed by atoms with E-state index in [-0.39, 0.29) is 0 Å². The summed E-state index contributed by atoms with van der Waals surface area (Å²) >= 11 is 0. The summed E-state index contributed by atoms with van der Waals surface area (Å²) in [6, 6.07) is 2.20. The molecule has 0 spiro atoms. The smallest absolute Gasteiger partial charge is 0.0492 e. The number of nitrogens with two attached hydrogens (primary N) is 1. The zero-order valence-corrected chi connectivity index (χ0v) is 12.9. The van der Waals surface area contributed by atoms with Crippen LogP contribution in [0.4, 0.5) is 0 Å². The second-order valence-electron chi connectivity index (χ2n) is 7.05. The van der Waals surface area contributed by atoms with E-state index in [2.05, 4.69) is 43.5 Å². The molecule has 1 aliphatic rings. The number of nitrogens with zero attached hydrogens (tertiary/aromatic N) is 2. The van der Waals surface area contributed by atoms with Crippen LogP contribution in [0.3, 0.4) is 0 Å². The summed E-state index contributed by atoms with van der Waals surface area (Å²) in [7, 11) is 0. The van der Waals surface area contributed by atoms with Gasteiger partial charge in [-0.25, -0.2) is 0 Å². The molecule has 19 heavy (non-hydrogen) atoms. The average molecular weight is 263 g/mol. The second-order valence-corrected chi connectivity index (χ2v) is 7.05. The lowest BCUT2D eigenvalue weighted by molar-refractivity contribution is 0.129. The highest BCUT2D eigenvalue weighted by atomic mass is 15.3. The van der Waals surface area contributed by atoms with Crippen LogP contribution in [0.25, 0.3) is 0 Å². The first-order chi connectivity index (χ1) is 8.97. The summed E-state index contributed by atoms with van der Waals surface area (Å²) in [5.74, 6) is 2.01. The molecule has 0 aliphatic heterocycles. The lowest BCUT2D eigenvalue weighted by Crippen LogP contribution is -2.34. The van der Waals surface area contributed by atoms with Crippen molar-refractivity contribution < 1.29 is 0 Å². The van der Waals surface area contributed by atoms with Crippen LogP contribution in [-0.2, 0) is 6.54 Å². The maximum atomic E-state index is 6.02. The number of aromatic nitrogens is 2. The quantitative estimate of drug-likeness (QED) is 0.908. The number of aryl methyl sites for hydroxylation is 1. The normalized spacial score (nSPS) is 28.6. The molecule has 0 saturated heterocycles. The Labute approximate surface area is 117 Å². The zero-order chi connectivity index (χ0) is 14.0. The maximum Gasteiger partial charge on any atom is 0.0492 e. The standard InChI is InChI=1S/C16H29N3/c1-5-19-15(8-9-18-19)14-10-13(16(2,3)4)7-6-12(14)11-17/h8-9,12-14H,5-7,10-11,17H2,1-4H3. The molecular formula is C16H29N3. The van der Waals surface area contributed by atoms with Crippen molar-refractivity contribution in [2.24, 2.45) is 23.0 Å². The van der Waals surface area contributed by atoms with Gasteiger partial charge in [0.25, 0.3) is 0 Å². The highest BCUT2D eigenvalue weighted by Gasteiger charge is 2.37. The van der Waals surface area contributed by atoms with Crippen molar-refractivity contribution in [2.45, 2.75) is 59.4 Å². The minimum atomic E-state index is 0.398. The Kier molecular flexibility index (Phi) is 4.34. The Balaban J connectivity index is 2.23. The van der Waals surface area contributed by atoms with Gasteiger partial charge in [0.05, 0.1) is 0 Å². The van der Waals surface area contributed by atoms with Crippen molar-refractivity contribution in [2.75, 3.05) is 6.54 Å². The van der Waals surface area contributed by atoms with Gasteiger partial charge in [-0.3, -0.25) is 4.68 Å². The van der Waals surface area contributed by atoms with E-state index in [4.69, 9.17) is 5.73 Å². The van der Waals surface area contributed by atoms with Crippen LogP contribution < -0.4 is 5.73 Å². The second kappa shape index (κ2) is 5.66. The van der Waals surface area contributed by atoms with Crippen LogP contribution in [0.1, 0.15) is 58.6 Å². The van der Waals surface area contributed by atoms with Crippen LogP contribution in [0, 0.1) is 17.3 Å². The van der Waals surface area contributed by atoms with Crippen LogP contribution in [0.5, 0.6) is 0 Å². The van der Waals surface area contributed by atoms with Gasteiger partial charge in [0.2, 0.25) is 0 Å². The van der Waals surface area contributed by atoms with Gasteiger partial charge in [0.15, 0.2) is 0 Å². The van der Waals surface area contributed by atoms with E-state index in [1.807, 2.05) is 6.20 Å². The van der Waals surface area contributed by atoms with E-state index in [1.54, 1.807) is 0 Å². The molecule has 0 amide bonds. The third-order valence-electron chi connectivity index (χ3n) is 4.95. The monoisotopic (exact) mass is 263 g/mol. The first kappa shape index (κ1) is 14.6. The van der Waals surface area contributed by atoms with Crippen molar-refractivity contribution in [3.05, 3.63) is 18.0 Å². The summed E-state index contributed by atoms with van der Waals surface area (Å²) in [5, 5.41) is 4.44. The number of hydrogen-bond acceptors (Lipinski definition) is 2. The first-order valence-corrected chi connectivity index (χ1v) is 7.69. The van der Waals surface area contributed by atoms with Crippen LogP contribution >= 0.6 is 0 Å². The molecule has 1 aromatic heterocycles. The summed E-state index contributed by atoms with van der Waals surface area (Å²) in [5.41, 5.74) is 7.81. The summed E-state index contributed by atoms with van der Waals surface area (Å²) < 4.78 is 2.15. The summed E-state index contributed by atoms with van der Waals surface area (Å²) in [6.07, 6.45) is 5.78. The molecule has 0 radical (unpaired) electrons. The van der Waals surface area contributed by atoms with Crippen molar-refractivity contribution in [1.82, 2.24) is 9.78 Å². The SMILES string of the molecule is CCn1nccc1C1CC(C(C)(C)C)CCC1CN. The van der Waals surface area contributed by atoms with E-state index in [0.717, 1.165) is 19.0 Å². The van der Waals surface area contributed by atoms with Gasteiger partial charge in [0.1, 0.15) is 0 Å². The molecular weight excluding hydrogens is 234 g/mol. The van der Waals surface area contributed by atoms with Gasteiger partial charge in [-0.2, -0.15) is 5.10 Å². The third kappa shape index (κ3) is 3.02. The first-order valence-electron chi connectivity index (χ1n) is 7.69. The van der Waals surface area contributed by atoms with Crippen molar-refractivity contribution >= 4 is 0 Å². The van der Waals surface area contributed by atoms with E-state index in [1.165, 1.54) is 25.0 Å². The van der Waals surface area contributed by atoms with E-state index in [9.17, 15) is 0 Å². The minimum Gasteiger partial charge on any atom is -0.330 e. The Morgan fingerprint density at radius 2 is 2.11 bits per heavy atom. The Morgan fingerprint density at radius 3 is 2.68 bits per heavy atom. The molecule has 3 nitrogen and oxygen atoms in total. The maximum absolute atomic E-state index is 6.02. The van der Waals surface area contributed by atoms with Gasteiger partial charge in [-0.15, -0.1) is 0 Å². The molecule has 1 saturated carbocycles. The number of hydrogen-bond donors (Lipinski definition) is 1. The fraction of sp³-hybridized carbons (Fsp3) is 0.812. The molecule has 1 aromatic rings. The molecule has 3 atom stereocenters. The fourth-order valence-electron chi connectivity index (χ4n) is 3.59. The van der Waals surface area contributed by atoms with Crippen LogP contribution in [0.2, 0.25) is 0 Å². The fourth-order valence-corrected chi connectivity index (χ4v) is 3.59. The van der Waals surface area contributed by atoms with Gasteiger partial charge < -0.3 is 5.73 Å². The van der Waals surface area contributed by atoms with E-state index >= 15 is 0 Å². The molecule has 3 unspecified atom stereocenters. The molecule has 3 heteroatoms. The molecule has 108 valence electrons. The van der Waals surface area contributed by atoms with Crippen LogP contribution in [0.15, 0.2) is 12.3 Å². The predicted molar refractivity (Wildman–Crippen MR) is 80.0 cm³/mol. The molecule has 2 N–H and O–H groups in total. The molecule has 1 heterocycles. The zero-order valence-electron chi connectivity index (χ0n) is 12.9. The summed E-state index contributed by atoms with van der Waals surface area (Å²) in [4.78, 5) is 0. The summed E-state index contributed by atoms with van der Waals surface area (Å²) in [6.45, 7) is 11.0. The molecule has 2 rings (SSSR count). The predicted octanol–water partition coefficient (Wildman–Crippen LogP) is 3.41. The van der Waals surface area contributed by atoms with Crippen LogP contribution in [-0.4, -0.2) is 16.3 Å². The van der Waals surface area contributed by atoms with Gasteiger partial charge in [0, 0.05) is 24.4 Å². The molecule has 1 fully saturated rings. The van der Waals surface area contributed by atoms with E-state index in [0.29, 0.717) is 17.3 Å². The Bertz CT molecular complexity index is 402. The molecule has 1 aliphatic carbocycles. The largest absolute Gasteiger partial charge is 0.330 e. The van der Waals surface area contributed by atoms with Crippen molar-refractivity contribution in [3.8, 4) is 0 Å². The van der Waals surface area contributed by atoms with Gasteiger partial charge >= 0.3 is 0 Å².